The lowest BCUT2D eigenvalue weighted by molar-refractivity contribution is 0.0858. The summed E-state index contributed by atoms with van der Waals surface area (Å²) in [5.74, 6) is 0.714. The van der Waals surface area contributed by atoms with Crippen LogP contribution in [0.4, 0.5) is 0 Å². The van der Waals surface area contributed by atoms with Crippen LogP contribution >= 0.6 is 0 Å². The maximum atomic E-state index is 12.9. The number of fused-ring (bicyclic) bond motifs is 1. The molecule has 0 spiro atoms. The van der Waals surface area contributed by atoms with Gasteiger partial charge in [-0.25, -0.2) is 0 Å². The number of nitrogens with zero attached hydrogens (tertiary/aromatic N) is 1. The minimum absolute atomic E-state index is 0.144. The first-order chi connectivity index (χ1) is 13.5. The van der Waals surface area contributed by atoms with E-state index in [0.29, 0.717) is 18.8 Å². The molecule has 2 aromatic carbocycles. The van der Waals surface area contributed by atoms with Crippen molar-refractivity contribution < 1.29 is 17.3 Å². The highest BCUT2D eigenvalue weighted by Gasteiger charge is 2.33. The van der Waals surface area contributed by atoms with Crippen molar-refractivity contribution in [1.82, 2.24) is 4.90 Å². The van der Waals surface area contributed by atoms with E-state index in [1.54, 1.807) is 24.3 Å². The van der Waals surface area contributed by atoms with Crippen LogP contribution in [0.5, 0.6) is 5.75 Å². The molecule has 2 aromatic rings. The van der Waals surface area contributed by atoms with Crippen LogP contribution in [0.2, 0.25) is 0 Å². The van der Waals surface area contributed by atoms with Crippen LogP contribution in [0.15, 0.2) is 53.4 Å². The molecule has 1 fully saturated rings. The minimum Gasteiger partial charge on any atom is -0.492 e. The summed E-state index contributed by atoms with van der Waals surface area (Å²) in [5, 5.41) is 0. The fraction of sp³-hybridized carbons (Fsp3) is 0.455. The van der Waals surface area contributed by atoms with E-state index in [9.17, 15) is 8.42 Å². The molecule has 5 nitrogen and oxygen atoms in total. The van der Waals surface area contributed by atoms with E-state index < -0.39 is 16.2 Å². The molecule has 0 bridgehead atoms. The van der Waals surface area contributed by atoms with Crippen LogP contribution < -0.4 is 4.74 Å². The number of likely N-dealkylation sites (tertiary alicyclic amines) is 1. The molecule has 2 aliphatic rings. The molecule has 2 heterocycles. The third kappa shape index (κ3) is 4.24. The van der Waals surface area contributed by atoms with Gasteiger partial charge < -0.3 is 4.74 Å². The maximum absolute atomic E-state index is 12.9. The summed E-state index contributed by atoms with van der Waals surface area (Å²) in [7, 11) is -3.86. The van der Waals surface area contributed by atoms with E-state index >= 15 is 0 Å². The molecule has 150 valence electrons. The topological polar surface area (TPSA) is 55.8 Å². The standard InChI is InChI=1S/C22H27NO4S/c1-17-9-11-19(12-10-17)28(24,25)27-22-15-18(23-13-5-2-6-14-23)16-26-21-8-4-3-7-20(21)22/h3-4,7-12,18,22H,2,5-6,13-16H2,1H3/t18-,22+/m0/s1. The fourth-order valence-corrected chi connectivity index (χ4v) is 5.12. The Labute approximate surface area is 167 Å². The van der Waals surface area contributed by atoms with Crippen molar-refractivity contribution in [1.29, 1.82) is 0 Å². The smallest absolute Gasteiger partial charge is 0.297 e. The lowest BCUT2D eigenvalue weighted by atomic mass is 10.0. The summed E-state index contributed by atoms with van der Waals surface area (Å²) in [6.07, 6.45) is 3.65. The third-order valence-electron chi connectivity index (χ3n) is 5.64. The van der Waals surface area contributed by atoms with Gasteiger partial charge in [0.1, 0.15) is 18.5 Å². The molecule has 0 aliphatic carbocycles. The van der Waals surface area contributed by atoms with Gasteiger partial charge in [0.15, 0.2) is 0 Å². The molecule has 1 saturated heterocycles. The molecule has 0 saturated carbocycles. The van der Waals surface area contributed by atoms with Crippen molar-refractivity contribution in [3.05, 3.63) is 59.7 Å². The first-order valence-corrected chi connectivity index (χ1v) is 11.4. The van der Waals surface area contributed by atoms with Gasteiger partial charge in [0, 0.05) is 11.6 Å². The van der Waals surface area contributed by atoms with Crippen LogP contribution in [-0.2, 0) is 14.3 Å². The van der Waals surface area contributed by atoms with E-state index in [1.165, 1.54) is 19.3 Å². The Morgan fingerprint density at radius 1 is 1.00 bits per heavy atom. The molecular formula is C22H27NO4S. The van der Waals surface area contributed by atoms with Crippen LogP contribution in [0.25, 0.3) is 0 Å². The molecule has 2 atom stereocenters. The number of rotatable bonds is 4. The molecule has 6 heteroatoms. The van der Waals surface area contributed by atoms with Crippen molar-refractivity contribution in [3.63, 3.8) is 0 Å². The highest BCUT2D eigenvalue weighted by molar-refractivity contribution is 7.86. The Balaban J connectivity index is 1.62. The molecule has 0 N–H and O–H groups in total. The van der Waals surface area contributed by atoms with Crippen molar-refractivity contribution in [2.75, 3.05) is 19.7 Å². The van der Waals surface area contributed by atoms with E-state index in [0.717, 1.165) is 24.2 Å². The summed E-state index contributed by atoms with van der Waals surface area (Å²) >= 11 is 0. The number of piperidine rings is 1. The van der Waals surface area contributed by atoms with Gasteiger partial charge in [-0.1, -0.05) is 42.3 Å². The summed E-state index contributed by atoms with van der Waals surface area (Å²) in [6.45, 7) is 4.55. The molecule has 4 rings (SSSR count). The van der Waals surface area contributed by atoms with Gasteiger partial charge in [-0.15, -0.1) is 0 Å². The molecule has 2 aliphatic heterocycles. The summed E-state index contributed by atoms with van der Waals surface area (Å²) in [4.78, 5) is 2.61. The van der Waals surface area contributed by atoms with Gasteiger partial charge in [-0.3, -0.25) is 9.08 Å². The number of hydrogen-bond acceptors (Lipinski definition) is 5. The van der Waals surface area contributed by atoms with Crippen molar-refractivity contribution in [2.45, 2.75) is 49.6 Å². The van der Waals surface area contributed by atoms with Crippen molar-refractivity contribution in [2.24, 2.45) is 0 Å². The number of hydrogen-bond donors (Lipinski definition) is 0. The zero-order valence-corrected chi connectivity index (χ0v) is 17.0. The average molecular weight is 402 g/mol. The summed E-state index contributed by atoms with van der Waals surface area (Å²) in [6, 6.07) is 14.5. The second-order valence-corrected chi connectivity index (χ2v) is 9.26. The first kappa shape index (κ1) is 19.4. The maximum Gasteiger partial charge on any atom is 0.297 e. The van der Waals surface area contributed by atoms with Gasteiger partial charge in [0.2, 0.25) is 0 Å². The second-order valence-electron chi connectivity index (χ2n) is 7.69. The predicted molar refractivity (Wildman–Crippen MR) is 108 cm³/mol. The van der Waals surface area contributed by atoms with Crippen LogP contribution in [0.3, 0.4) is 0 Å². The minimum atomic E-state index is -3.86. The van der Waals surface area contributed by atoms with Gasteiger partial charge in [-0.2, -0.15) is 8.42 Å². The average Bonchev–Trinajstić information content (AvgIpc) is 2.89. The van der Waals surface area contributed by atoms with Gasteiger partial charge in [0.05, 0.1) is 4.90 Å². The first-order valence-electron chi connectivity index (χ1n) is 9.99. The molecule has 28 heavy (non-hydrogen) atoms. The Kier molecular flexibility index (Phi) is 5.71. The number of ether oxygens (including phenoxy) is 1. The molecule has 0 unspecified atom stereocenters. The number of benzene rings is 2. The Morgan fingerprint density at radius 2 is 1.71 bits per heavy atom. The molecule has 0 aromatic heterocycles. The quantitative estimate of drug-likeness (QED) is 0.723. The molecule has 0 radical (unpaired) electrons. The Morgan fingerprint density at radius 3 is 2.46 bits per heavy atom. The highest BCUT2D eigenvalue weighted by Crippen LogP contribution is 2.37. The lowest BCUT2D eigenvalue weighted by Crippen LogP contribution is -2.43. The van der Waals surface area contributed by atoms with Gasteiger partial charge in [-0.05, 0) is 57.5 Å². The van der Waals surface area contributed by atoms with Crippen LogP contribution in [0, 0.1) is 6.92 Å². The second kappa shape index (κ2) is 8.23. The Hall–Kier alpha value is -1.89. The van der Waals surface area contributed by atoms with Gasteiger partial charge >= 0.3 is 0 Å². The highest BCUT2D eigenvalue weighted by atomic mass is 32.2. The third-order valence-corrected chi connectivity index (χ3v) is 6.98. The van der Waals surface area contributed by atoms with E-state index in [-0.39, 0.29) is 10.9 Å². The van der Waals surface area contributed by atoms with Gasteiger partial charge in [0.25, 0.3) is 10.1 Å². The lowest BCUT2D eigenvalue weighted by Gasteiger charge is -2.34. The van der Waals surface area contributed by atoms with Crippen molar-refractivity contribution >= 4 is 10.1 Å². The Bertz CT molecular complexity index is 904. The SMILES string of the molecule is Cc1ccc(S(=O)(=O)O[C@@H]2C[C@H](N3CCCCC3)COc3ccccc32)cc1. The zero-order valence-electron chi connectivity index (χ0n) is 16.2. The predicted octanol–water partition coefficient (Wildman–Crippen LogP) is 4.08. The monoisotopic (exact) mass is 401 g/mol. The number of aryl methyl sites for hydroxylation is 1. The largest absolute Gasteiger partial charge is 0.492 e. The normalized spacial score (nSPS) is 23.5. The zero-order chi connectivity index (χ0) is 19.6. The van der Waals surface area contributed by atoms with Crippen LogP contribution in [-0.4, -0.2) is 39.1 Å². The fourth-order valence-electron chi connectivity index (χ4n) is 4.05. The van der Waals surface area contributed by atoms with E-state index in [4.69, 9.17) is 8.92 Å². The van der Waals surface area contributed by atoms with E-state index in [2.05, 4.69) is 4.90 Å². The number of para-hydroxylation sites is 1. The van der Waals surface area contributed by atoms with Crippen LogP contribution in [0.1, 0.15) is 42.9 Å². The molecule has 0 amide bonds. The van der Waals surface area contributed by atoms with Crippen molar-refractivity contribution in [3.8, 4) is 5.75 Å². The summed E-state index contributed by atoms with van der Waals surface area (Å²) in [5.41, 5.74) is 1.81. The van der Waals surface area contributed by atoms with E-state index in [1.807, 2.05) is 31.2 Å². The molecular weight excluding hydrogens is 374 g/mol. The summed E-state index contributed by atoms with van der Waals surface area (Å²) < 4.78 is 37.7.